The molecule has 0 heterocycles. The van der Waals surface area contributed by atoms with Gasteiger partial charge in [-0.3, -0.25) is 9.59 Å². The van der Waals surface area contributed by atoms with Gasteiger partial charge in [0.15, 0.2) is 0 Å². The molecule has 0 saturated heterocycles. The number of carbonyl (C=O) groups excluding carboxylic acids is 3. The van der Waals surface area contributed by atoms with Gasteiger partial charge in [0.1, 0.15) is 17.7 Å². The number of para-hydroxylation sites is 1. The molecule has 37 heavy (non-hydrogen) atoms. The smallest absolute Gasteiger partial charge is 0.408 e. The molecule has 3 unspecified atom stereocenters. The number of hydrogen-bond donors (Lipinski definition) is 2. The fourth-order valence-corrected chi connectivity index (χ4v) is 4.43. The number of nitrogens with zero attached hydrogens (tertiary/aromatic N) is 1. The Morgan fingerprint density at radius 3 is 1.86 bits per heavy atom. The monoisotopic (exact) mass is 509 g/mol. The van der Waals surface area contributed by atoms with Crippen molar-refractivity contribution in [2.75, 3.05) is 12.4 Å². The van der Waals surface area contributed by atoms with E-state index in [-0.39, 0.29) is 17.7 Å². The van der Waals surface area contributed by atoms with Gasteiger partial charge in [-0.05, 0) is 82.2 Å². The molecule has 0 aromatic heterocycles. The maximum Gasteiger partial charge on any atom is 0.408 e. The number of carbonyl (C=O) groups is 3. The summed E-state index contributed by atoms with van der Waals surface area (Å²) < 4.78 is 5.43. The van der Waals surface area contributed by atoms with E-state index in [0.29, 0.717) is 6.42 Å². The van der Waals surface area contributed by atoms with Gasteiger partial charge in [0.2, 0.25) is 5.91 Å². The van der Waals surface area contributed by atoms with Crippen LogP contribution in [-0.4, -0.2) is 41.5 Å². The van der Waals surface area contributed by atoms with Gasteiger partial charge in [0.05, 0.1) is 0 Å². The zero-order valence-corrected chi connectivity index (χ0v) is 24.0. The summed E-state index contributed by atoms with van der Waals surface area (Å²) in [5, 5.41) is 5.84. The van der Waals surface area contributed by atoms with Crippen LogP contribution in [0.25, 0.3) is 0 Å². The maximum atomic E-state index is 13.9. The van der Waals surface area contributed by atoms with Gasteiger partial charge in [0, 0.05) is 12.7 Å². The van der Waals surface area contributed by atoms with Crippen LogP contribution in [0.1, 0.15) is 74.9 Å². The van der Waals surface area contributed by atoms with Gasteiger partial charge >= 0.3 is 6.09 Å². The van der Waals surface area contributed by atoms with Crippen LogP contribution in [0.5, 0.6) is 0 Å². The molecule has 2 aromatic rings. The number of hydrogen-bond acceptors (Lipinski definition) is 4. The van der Waals surface area contributed by atoms with Crippen molar-refractivity contribution in [1.29, 1.82) is 0 Å². The van der Waals surface area contributed by atoms with Crippen LogP contribution < -0.4 is 10.6 Å². The summed E-state index contributed by atoms with van der Waals surface area (Å²) in [5.74, 6) is -0.849. The van der Waals surface area contributed by atoms with Crippen LogP contribution in [0.4, 0.5) is 10.5 Å². The molecular formula is C30H43N3O4. The second kappa shape index (κ2) is 12.3. The summed E-state index contributed by atoms with van der Waals surface area (Å²) in [6.07, 6.45) is -0.00828. The van der Waals surface area contributed by atoms with Gasteiger partial charge in [-0.15, -0.1) is 0 Å². The number of benzene rings is 2. The van der Waals surface area contributed by atoms with Gasteiger partial charge < -0.3 is 20.3 Å². The van der Waals surface area contributed by atoms with Crippen LogP contribution in [0.2, 0.25) is 0 Å². The Kier molecular flexibility index (Phi) is 9.90. The molecule has 0 fully saturated rings. The van der Waals surface area contributed by atoms with Gasteiger partial charge in [-0.25, -0.2) is 4.79 Å². The van der Waals surface area contributed by atoms with Crippen molar-refractivity contribution in [3.8, 4) is 0 Å². The highest BCUT2D eigenvalue weighted by Gasteiger charge is 2.37. The van der Waals surface area contributed by atoms with Crippen LogP contribution in [-0.2, 0) is 14.3 Å². The van der Waals surface area contributed by atoms with E-state index in [4.69, 9.17) is 4.74 Å². The molecule has 202 valence electrons. The van der Waals surface area contributed by atoms with E-state index in [1.54, 1.807) is 27.8 Å². The number of likely N-dealkylation sites (N-methyl/N-ethyl adjacent to an activating group) is 1. The van der Waals surface area contributed by atoms with Gasteiger partial charge in [-0.1, -0.05) is 56.7 Å². The van der Waals surface area contributed by atoms with E-state index >= 15 is 0 Å². The Hall–Kier alpha value is -3.35. The fourth-order valence-electron chi connectivity index (χ4n) is 4.43. The number of ether oxygens (including phenoxy) is 1. The number of alkyl carbamates (subject to hydrolysis) is 1. The highest BCUT2D eigenvalue weighted by molar-refractivity contribution is 6.00. The molecule has 0 aliphatic heterocycles. The molecule has 7 nitrogen and oxygen atoms in total. The highest BCUT2D eigenvalue weighted by Crippen LogP contribution is 2.30. The van der Waals surface area contributed by atoms with E-state index in [1.165, 1.54) is 4.90 Å². The summed E-state index contributed by atoms with van der Waals surface area (Å²) in [5.41, 5.74) is 4.48. The minimum atomic E-state index is -0.903. The molecule has 3 amide bonds. The number of aryl methyl sites for hydroxylation is 4. The van der Waals surface area contributed by atoms with Crippen LogP contribution in [0.3, 0.4) is 0 Å². The molecule has 0 spiro atoms. The molecule has 2 aromatic carbocycles. The third-order valence-electron chi connectivity index (χ3n) is 6.68. The van der Waals surface area contributed by atoms with E-state index in [1.807, 2.05) is 77.9 Å². The Morgan fingerprint density at radius 2 is 1.41 bits per heavy atom. The van der Waals surface area contributed by atoms with Crippen LogP contribution in [0.15, 0.2) is 36.4 Å². The maximum absolute atomic E-state index is 13.9. The molecule has 0 aliphatic rings. The van der Waals surface area contributed by atoms with Gasteiger partial charge in [0.25, 0.3) is 5.91 Å². The lowest BCUT2D eigenvalue weighted by Crippen LogP contribution is -2.53. The van der Waals surface area contributed by atoms with Crippen LogP contribution >= 0.6 is 0 Å². The number of nitrogens with one attached hydrogen (secondary N) is 2. The predicted molar refractivity (Wildman–Crippen MR) is 149 cm³/mol. The predicted octanol–water partition coefficient (Wildman–Crippen LogP) is 6.00. The van der Waals surface area contributed by atoms with E-state index in [2.05, 4.69) is 10.6 Å². The van der Waals surface area contributed by atoms with Gasteiger partial charge in [-0.2, -0.15) is 0 Å². The highest BCUT2D eigenvalue weighted by atomic mass is 16.6. The minimum absolute atomic E-state index is 0.178. The molecule has 2 N–H and O–H groups in total. The Morgan fingerprint density at radius 1 is 0.919 bits per heavy atom. The summed E-state index contributed by atoms with van der Waals surface area (Å²) in [6.45, 7) is 16.9. The Labute approximate surface area is 222 Å². The van der Waals surface area contributed by atoms with Crippen molar-refractivity contribution in [1.82, 2.24) is 10.2 Å². The molecule has 2 rings (SSSR count). The zero-order chi connectivity index (χ0) is 28.1. The minimum Gasteiger partial charge on any atom is -0.444 e. The Bertz CT molecular complexity index is 1100. The van der Waals surface area contributed by atoms with E-state index in [0.717, 1.165) is 33.5 Å². The lowest BCUT2D eigenvalue weighted by molar-refractivity contribution is -0.140. The lowest BCUT2D eigenvalue weighted by Gasteiger charge is -2.34. The lowest BCUT2D eigenvalue weighted by atomic mass is 9.92. The number of rotatable bonds is 8. The summed E-state index contributed by atoms with van der Waals surface area (Å²) in [4.78, 5) is 42.0. The van der Waals surface area contributed by atoms with E-state index < -0.39 is 23.8 Å². The second-order valence-electron chi connectivity index (χ2n) is 10.9. The average Bonchev–Trinajstić information content (AvgIpc) is 2.79. The molecule has 7 heteroatoms. The fraction of sp³-hybridized carbons (Fsp3) is 0.500. The summed E-state index contributed by atoms with van der Waals surface area (Å²) in [6, 6.07) is 9.87. The van der Waals surface area contributed by atoms with Crippen molar-refractivity contribution in [2.45, 2.75) is 86.4 Å². The van der Waals surface area contributed by atoms with Crippen molar-refractivity contribution in [2.24, 2.45) is 5.92 Å². The summed E-state index contributed by atoms with van der Waals surface area (Å²) >= 11 is 0. The quantitative estimate of drug-likeness (QED) is 0.457. The van der Waals surface area contributed by atoms with Crippen molar-refractivity contribution >= 4 is 23.6 Å². The largest absolute Gasteiger partial charge is 0.444 e. The number of anilines is 1. The first-order valence-corrected chi connectivity index (χ1v) is 12.9. The number of amides is 3. The SMILES string of the molecule is CCC(C)C(NC(=O)OC(C)(C)C)C(=O)N(C)C(C(=O)Nc1c(C)cccc1C)c1c(C)cccc1C. The normalized spacial score (nSPS) is 13.8. The third-order valence-corrected chi connectivity index (χ3v) is 6.68. The molecule has 0 radical (unpaired) electrons. The topological polar surface area (TPSA) is 87.7 Å². The molecule has 3 atom stereocenters. The first-order valence-electron chi connectivity index (χ1n) is 12.9. The first-order chi connectivity index (χ1) is 17.2. The molecular weight excluding hydrogens is 466 g/mol. The molecule has 0 saturated carbocycles. The standard InChI is InChI=1S/C30H43N3O4/c1-11-18(2)25(32-29(36)37-30(7,8)9)28(35)33(10)26(23-19(3)14-12-15-20(23)4)27(34)31-24-21(5)16-13-17-22(24)6/h12-18,25-26H,11H2,1-10H3,(H,31,34)(H,32,36). The summed E-state index contributed by atoms with van der Waals surface area (Å²) in [7, 11) is 1.62. The van der Waals surface area contributed by atoms with Crippen molar-refractivity contribution < 1.29 is 19.1 Å². The first kappa shape index (κ1) is 29.9. The van der Waals surface area contributed by atoms with Crippen molar-refractivity contribution in [3.05, 3.63) is 64.2 Å². The van der Waals surface area contributed by atoms with Crippen LogP contribution in [0, 0.1) is 33.6 Å². The zero-order valence-electron chi connectivity index (χ0n) is 24.0. The second-order valence-corrected chi connectivity index (χ2v) is 10.9. The molecule has 0 bridgehead atoms. The molecule has 0 aliphatic carbocycles. The Balaban J connectivity index is 2.52. The third kappa shape index (κ3) is 7.57. The average molecular weight is 510 g/mol. The van der Waals surface area contributed by atoms with E-state index in [9.17, 15) is 14.4 Å². The van der Waals surface area contributed by atoms with Crippen molar-refractivity contribution in [3.63, 3.8) is 0 Å².